The van der Waals surface area contributed by atoms with Gasteiger partial charge in [-0.2, -0.15) is 0 Å². The maximum atomic E-state index is 8.91. The van der Waals surface area contributed by atoms with Gasteiger partial charge >= 0.3 is 327 Å². The number of halogens is 2. The molecule has 0 aromatic heterocycles. The molecule has 0 amide bonds. The van der Waals surface area contributed by atoms with Crippen molar-refractivity contribution in [2.24, 2.45) is 11.8 Å². The zero-order chi connectivity index (χ0) is 38.0. The standard InChI is InChI=1S/2C23H27.C2H7Si.2ClH.Zr/c2*1-16(2)13-17-14-18-9-8-11-19(21(18)15-17)20-10-6-7-12-22(20)23(3,4)5;1-3-2;;;/h2*6-12,14-16H,13H2,1-5H3;3H,1-2H3;2*1H;/q;;;;;+2/p-2. The average molecular weight is 828 g/mol. The Kier molecular flexibility index (Phi) is 10.9. The van der Waals surface area contributed by atoms with Crippen LogP contribution in [0.2, 0.25) is 13.1 Å². The van der Waals surface area contributed by atoms with Gasteiger partial charge in [-0.3, -0.25) is 0 Å². The molecule has 0 spiro atoms. The normalized spacial score (nSPS) is 18.4. The molecule has 4 aromatic rings. The quantitative estimate of drug-likeness (QED) is 0.147. The first-order chi connectivity index (χ1) is 24.2. The summed E-state index contributed by atoms with van der Waals surface area (Å²) in [5.41, 5.74) is 16.4. The monoisotopic (exact) mass is 825 g/mol. The zero-order valence-electron chi connectivity index (χ0n) is 33.8. The Bertz CT molecular complexity index is 1910. The number of benzene rings is 4. The van der Waals surface area contributed by atoms with Crippen molar-refractivity contribution >= 4 is 35.1 Å². The molecule has 4 heteroatoms. The average Bonchev–Trinajstić information content (AvgIpc) is 3.62. The van der Waals surface area contributed by atoms with Crippen LogP contribution in [0.15, 0.2) is 96.1 Å². The second-order valence-corrected chi connectivity index (χ2v) is 61.6. The maximum absolute atomic E-state index is 8.91. The Hall–Kier alpha value is -1.96. The summed E-state index contributed by atoms with van der Waals surface area (Å²) < 4.78 is 0.153. The summed E-state index contributed by atoms with van der Waals surface area (Å²) in [6.45, 7) is 28.3. The van der Waals surface area contributed by atoms with Crippen molar-refractivity contribution in [3.05, 3.63) is 129 Å². The van der Waals surface area contributed by atoms with Gasteiger partial charge in [0.05, 0.1) is 0 Å². The Morgan fingerprint density at radius 2 is 0.885 bits per heavy atom. The fraction of sp³-hybridized carbons (Fsp3) is 0.417. The van der Waals surface area contributed by atoms with E-state index in [1.165, 1.54) is 66.8 Å². The molecule has 0 fully saturated rings. The summed E-state index contributed by atoms with van der Waals surface area (Å²) in [4.78, 5) is 0. The van der Waals surface area contributed by atoms with Gasteiger partial charge in [-0.05, 0) is 0 Å². The minimum absolute atomic E-state index is 0.0171. The summed E-state index contributed by atoms with van der Waals surface area (Å²) in [6.07, 6.45) is 7.10. The Morgan fingerprint density at radius 3 is 1.21 bits per heavy atom. The van der Waals surface area contributed by atoms with Crippen LogP contribution in [-0.2, 0) is 26.4 Å². The van der Waals surface area contributed by atoms with Crippen LogP contribution >= 0.6 is 17.0 Å². The minimum atomic E-state index is -4.97. The van der Waals surface area contributed by atoms with Crippen molar-refractivity contribution in [2.45, 2.75) is 113 Å². The molecule has 2 aliphatic carbocycles. The summed E-state index contributed by atoms with van der Waals surface area (Å²) in [6, 6.07) is 32.0. The molecule has 2 atom stereocenters. The van der Waals surface area contributed by atoms with Gasteiger partial charge in [0, 0.05) is 0 Å². The van der Waals surface area contributed by atoms with Crippen LogP contribution in [0.3, 0.4) is 0 Å². The van der Waals surface area contributed by atoms with Gasteiger partial charge in [-0.25, -0.2) is 0 Å². The number of allylic oxidation sites excluding steroid dienone is 2. The molecular weight excluding hydrogens is 767 g/mol. The molecule has 2 aliphatic rings. The third-order valence-electron chi connectivity index (χ3n) is 11.8. The molecule has 0 nitrogen and oxygen atoms in total. The first-order valence-corrected chi connectivity index (χ1v) is 36.0. The number of hydrogen-bond donors (Lipinski definition) is 0. The van der Waals surface area contributed by atoms with Crippen molar-refractivity contribution in [1.82, 2.24) is 0 Å². The SMILES string of the molecule is CC(C)CC1=Cc2c(-c3ccccc3C(C)(C)C)cccc2[CH]1[Zr]([Cl])([Cl])([CH]1C(CC(C)C)=Cc2c(-c3ccccc3C(C)(C)C)cccc21)[SiH](C)C. The summed E-state index contributed by atoms with van der Waals surface area (Å²) >= 11 is -4.97. The summed E-state index contributed by atoms with van der Waals surface area (Å²) in [5, 5.41) is 0. The van der Waals surface area contributed by atoms with Gasteiger partial charge in [-0.15, -0.1) is 0 Å². The van der Waals surface area contributed by atoms with E-state index in [0.717, 1.165) is 12.8 Å². The molecule has 4 aromatic carbocycles. The predicted molar refractivity (Wildman–Crippen MR) is 232 cm³/mol. The first-order valence-electron chi connectivity index (χ1n) is 19.7. The zero-order valence-corrected chi connectivity index (χ0v) is 38.9. The molecule has 275 valence electrons. The molecule has 0 N–H and O–H groups in total. The van der Waals surface area contributed by atoms with Crippen molar-refractivity contribution in [1.29, 1.82) is 0 Å². The predicted octanol–water partition coefficient (Wildman–Crippen LogP) is 15.3. The Balaban J connectivity index is 1.64. The van der Waals surface area contributed by atoms with E-state index >= 15 is 0 Å². The van der Waals surface area contributed by atoms with Crippen molar-refractivity contribution in [3.8, 4) is 22.3 Å². The molecule has 0 bridgehead atoms. The van der Waals surface area contributed by atoms with Crippen LogP contribution in [0.1, 0.15) is 123 Å². The van der Waals surface area contributed by atoms with Gasteiger partial charge in [0.15, 0.2) is 0 Å². The fourth-order valence-corrected chi connectivity index (χ4v) is 40.9. The Morgan fingerprint density at radius 1 is 0.538 bits per heavy atom. The molecule has 2 unspecified atom stereocenters. The van der Waals surface area contributed by atoms with Gasteiger partial charge in [-0.1, -0.05) is 0 Å². The van der Waals surface area contributed by atoms with Gasteiger partial charge in [0.25, 0.3) is 0 Å². The molecular formula is C48H61Cl2SiZr. The molecule has 6 rings (SSSR count). The van der Waals surface area contributed by atoms with E-state index in [4.69, 9.17) is 17.0 Å². The number of fused-ring (bicyclic) bond motifs is 2. The third kappa shape index (κ3) is 6.91. The van der Waals surface area contributed by atoms with Crippen molar-refractivity contribution in [2.75, 3.05) is 0 Å². The van der Waals surface area contributed by atoms with E-state index in [1.807, 2.05) is 0 Å². The summed E-state index contributed by atoms with van der Waals surface area (Å²) in [7, 11) is 17.8. The Labute approximate surface area is 324 Å². The van der Waals surface area contributed by atoms with Gasteiger partial charge < -0.3 is 0 Å². The topological polar surface area (TPSA) is 0 Å². The number of hydrogen-bond acceptors (Lipinski definition) is 0. The van der Waals surface area contributed by atoms with Crippen LogP contribution < -0.4 is 0 Å². The second-order valence-electron chi connectivity index (χ2n) is 19.1. The summed E-state index contributed by atoms with van der Waals surface area (Å²) in [5.74, 6) is -0.708. The molecule has 52 heavy (non-hydrogen) atoms. The van der Waals surface area contributed by atoms with E-state index < -0.39 is 21.5 Å². The van der Waals surface area contributed by atoms with E-state index in [-0.39, 0.29) is 18.1 Å². The molecule has 0 saturated carbocycles. The molecule has 0 heterocycles. The van der Waals surface area contributed by atoms with Crippen LogP contribution in [0.25, 0.3) is 34.4 Å². The van der Waals surface area contributed by atoms with Gasteiger partial charge in [0.2, 0.25) is 0 Å². The van der Waals surface area contributed by atoms with Crippen molar-refractivity contribution < 1.29 is 15.6 Å². The van der Waals surface area contributed by atoms with Crippen LogP contribution in [0.4, 0.5) is 0 Å². The molecule has 0 radical (unpaired) electrons. The van der Waals surface area contributed by atoms with E-state index in [9.17, 15) is 0 Å². The number of rotatable bonds is 9. The van der Waals surface area contributed by atoms with E-state index in [0.29, 0.717) is 11.8 Å². The molecule has 0 aliphatic heterocycles. The first kappa shape index (κ1) is 39.7. The fourth-order valence-electron chi connectivity index (χ4n) is 9.57. The van der Waals surface area contributed by atoms with Gasteiger partial charge in [0.1, 0.15) is 0 Å². The third-order valence-corrected chi connectivity index (χ3v) is 63.7. The van der Waals surface area contributed by atoms with Crippen LogP contribution in [0.5, 0.6) is 0 Å². The second kappa shape index (κ2) is 14.3. The van der Waals surface area contributed by atoms with Crippen LogP contribution in [0, 0.1) is 11.8 Å². The molecule has 0 saturated heterocycles. The van der Waals surface area contributed by atoms with Crippen molar-refractivity contribution in [3.63, 3.8) is 0 Å². The van der Waals surface area contributed by atoms with Crippen LogP contribution in [-0.4, -0.2) is 5.92 Å². The van der Waals surface area contributed by atoms with E-state index in [1.54, 1.807) is 0 Å². The van der Waals surface area contributed by atoms with E-state index in [2.05, 4.69) is 179 Å².